The topological polar surface area (TPSA) is 14.1 Å². The summed E-state index contributed by atoms with van der Waals surface area (Å²) < 4.78 is 0. The lowest BCUT2D eigenvalue weighted by atomic mass is 10.1. The van der Waals surface area contributed by atoms with E-state index in [1.165, 1.54) is 55.5 Å². The molecule has 0 saturated heterocycles. The lowest BCUT2D eigenvalue weighted by Crippen LogP contribution is -1.99. The van der Waals surface area contributed by atoms with Crippen LogP contribution in [0.4, 0.5) is 0 Å². The van der Waals surface area contributed by atoms with Crippen molar-refractivity contribution in [2.24, 2.45) is 0 Å². The molecule has 15 heavy (non-hydrogen) atoms. The van der Waals surface area contributed by atoms with Crippen molar-refractivity contribution in [2.45, 2.75) is 58.8 Å². The predicted octanol–water partition coefficient (Wildman–Crippen LogP) is 4.79. The van der Waals surface area contributed by atoms with Crippen molar-refractivity contribution >= 4 is 11.8 Å². The van der Waals surface area contributed by atoms with E-state index in [-0.39, 0.29) is 0 Å². The Morgan fingerprint density at radius 2 is 1.87 bits per heavy atom. The van der Waals surface area contributed by atoms with E-state index in [0.717, 1.165) is 0 Å². The smallest absolute Gasteiger partial charge is 0.0471 e. The van der Waals surface area contributed by atoms with E-state index < -0.39 is 0 Å². The summed E-state index contributed by atoms with van der Waals surface area (Å²) >= 11 is 1.84. The molecule has 2 heteroatoms. The van der Waals surface area contributed by atoms with Gasteiger partial charge in [-0.2, -0.15) is 0 Å². The molecule has 1 rings (SSSR count). The molecule has 0 atom stereocenters. The van der Waals surface area contributed by atoms with E-state index in [2.05, 4.69) is 24.6 Å². The zero-order chi connectivity index (χ0) is 10.9. The molecule has 1 heterocycles. The van der Waals surface area contributed by atoms with E-state index in [9.17, 15) is 0 Å². The first-order chi connectivity index (χ1) is 7.34. The number of unbranched alkanes of at least 4 members (excludes halogenated alkanes) is 5. The second-order valence-electron chi connectivity index (χ2n) is 4.06. The van der Waals surface area contributed by atoms with Crippen LogP contribution in [0.1, 0.15) is 58.8 Å². The van der Waals surface area contributed by atoms with Crippen LogP contribution >= 0.6 is 11.8 Å². The van der Waals surface area contributed by atoms with Gasteiger partial charge in [-0.1, -0.05) is 50.8 Å². The lowest BCUT2D eigenvalue weighted by molar-refractivity contribution is 0.609. The summed E-state index contributed by atoms with van der Waals surface area (Å²) in [4.78, 5) is 1.47. The maximum Gasteiger partial charge on any atom is 0.0471 e. The predicted molar refractivity (Wildman–Crippen MR) is 69.6 cm³/mol. The minimum Gasteiger partial charge on any atom is -0.260 e. The van der Waals surface area contributed by atoms with Gasteiger partial charge in [-0.3, -0.25) is 5.32 Å². The van der Waals surface area contributed by atoms with Crippen molar-refractivity contribution in [3.8, 4) is 0 Å². The summed E-state index contributed by atoms with van der Waals surface area (Å²) in [5.41, 5.74) is 1.22. The van der Waals surface area contributed by atoms with E-state index in [1.54, 1.807) is 0 Å². The van der Waals surface area contributed by atoms with E-state index in [0.29, 0.717) is 0 Å². The van der Waals surface area contributed by atoms with Crippen LogP contribution in [-0.4, -0.2) is 0 Å². The van der Waals surface area contributed by atoms with Crippen LogP contribution in [-0.2, 0) is 0 Å². The van der Waals surface area contributed by atoms with Gasteiger partial charge < -0.3 is 0 Å². The maximum absolute atomic E-state index is 4.32. The third-order valence-electron chi connectivity index (χ3n) is 2.70. The van der Waals surface area contributed by atoms with Gasteiger partial charge in [-0.25, -0.2) is 0 Å². The molecule has 0 aromatic carbocycles. The number of allylic oxidation sites excluding steroid dienone is 2. The first-order valence-corrected chi connectivity index (χ1v) is 6.95. The molecule has 0 bridgehead atoms. The fourth-order valence-corrected chi connectivity index (χ4v) is 2.49. The quantitative estimate of drug-likeness (QED) is 0.567. The van der Waals surface area contributed by atoms with Gasteiger partial charge in [0.25, 0.3) is 0 Å². The Bertz CT molecular complexity index is 231. The zero-order valence-corrected chi connectivity index (χ0v) is 10.8. The monoisotopic (exact) mass is 224 g/mol. The van der Waals surface area contributed by atoms with Gasteiger partial charge in [0.2, 0.25) is 0 Å². The Morgan fingerprint density at radius 3 is 2.60 bits per heavy atom. The second kappa shape index (κ2) is 7.86. The number of rotatable bonds is 7. The van der Waals surface area contributed by atoms with Crippen molar-refractivity contribution in [3.05, 3.63) is 22.2 Å². The van der Waals surface area contributed by atoms with Gasteiger partial charge in [-0.15, -0.1) is 0 Å². The average molecular weight is 224 g/mol. The van der Waals surface area contributed by atoms with Crippen molar-refractivity contribution in [1.82, 2.24) is 5.32 Å². The SMILES string of the molecule is CCCCCCCCC1=C(C)[N]C=CS1. The molecule has 1 radical (unpaired) electrons. The molecule has 0 aliphatic carbocycles. The van der Waals surface area contributed by atoms with Gasteiger partial charge in [0, 0.05) is 16.8 Å². The third-order valence-corrected chi connectivity index (χ3v) is 3.74. The molecule has 1 aliphatic rings. The molecule has 0 aromatic rings. The van der Waals surface area contributed by atoms with Gasteiger partial charge in [0.1, 0.15) is 0 Å². The van der Waals surface area contributed by atoms with Crippen molar-refractivity contribution in [2.75, 3.05) is 0 Å². The largest absolute Gasteiger partial charge is 0.260 e. The van der Waals surface area contributed by atoms with Crippen LogP contribution in [0.25, 0.3) is 0 Å². The minimum atomic E-state index is 1.22. The highest BCUT2D eigenvalue weighted by Gasteiger charge is 2.05. The highest BCUT2D eigenvalue weighted by molar-refractivity contribution is 8.05. The highest BCUT2D eigenvalue weighted by Crippen LogP contribution is 2.28. The highest BCUT2D eigenvalue weighted by atomic mass is 32.2. The first kappa shape index (κ1) is 12.7. The average Bonchev–Trinajstić information content (AvgIpc) is 2.25. The Morgan fingerprint density at radius 1 is 1.13 bits per heavy atom. The zero-order valence-electron chi connectivity index (χ0n) is 9.96. The molecule has 0 saturated carbocycles. The van der Waals surface area contributed by atoms with Crippen molar-refractivity contribution < 1.29 is 0 Å². The minimum absolute atomic E-state index is 1.22. The summed E-state index contributed by atoms with van der Waals surface area (Å²) in [5.74, 6) is 0. The van der Waals surface area contributed by atoms with E-state index in [4.69, 9.17) is 0 Å². The number of hydrogen-bond acceptors (Lipinski definition) is 1. The molecule has 0 fully saturated rings. The molecule has 85 valence electrons. The number of thioether (sulfide) groups is 1. The van der Waals surface area contributed by atoms with Crippen molar-refractivity contribution in [3.63, 3.8) is 0 Å². The van der Waals surface area contributed by atoms with Crippen LogP contribution in [0.3, 0.4) is 0 Å². The van der Waals surface area contributed by atoms with E-state index in [1.807, 2.05) is 18.0 Å². The Balaban J connectivity index is 2.04. The fraction of sp³-hybridized carbons (Fsp3) is 0.692. The Labute approximate surface area is 98.4 Å². The summed E-state index contributed by atoms with van der Waals surface area (Å²) in [7, 11) is 0. The van der Waals surface area contributed by atoms with Crippen LogP contribution < -0.4 is 5.32 Å². The standard InChI is InChI=1S/C13H22NS/c1-3-4-5-6-7-8-9-13-12(2)14-10-11-15-13/h10-11H,3-9H2,1-2H3. The normalized spacial score (nSPS) is 15.6. The van der Waals surface area contributed by atoms with Crippen LogP contribution in [0.2, 0.25) is 0 Å². The Hall–Kier alpha value is -0.370. The maximum atomic E-state index is 4.32. The summed E-state index contributed by atoms with van der Waals surface area (Å²) in [6.07, 6.45) is 11.4. The second-order valence-corrected chi connectivity index (χ2v) is 5.06. The molecule has 0 amide bonds. The lowest BCUT2D eigenvalue weighted by Gasteiger charge is -2.11. The molecular weight excluding hydrogens is 202 g/mol. The molecule has 0 N–H and O–H groups in total. The van der Waals surface area contributed by atoms with Gasteiger partial charge in [0.05, 0.1) is 0 Å². The van der Waals surface area contributed by atoms with Gasteiger partial charge >= 0.3 is 0 Å². The summed E-state index contributed by atoms with van der Waals surface area (Å²) in [6.45, 7) is 4.38. The van der Waals surface area contributed by atoms with Crippen LogP contribution in [0.5, 0.6) is 0 Å². The van der Waals surface area contributed by atoms with Crippen LogP contribution in [0.15, 0.2) is 22.2 Å². The fourth-order valence-electron chi connectivity index (χ4n) is 1.72. The van der Waals surface area contributed by atoms with Crippen LogP contribution in [0, 0.1) is 0 Å². The summed E-state index contributed by atoms with van der Waals surface area (Å²) in [6, 6.07) is 0. The summed E-state index contributed by atoms with van der Waals surface area (Å²) in [5, 5.41) is 6.40. The van der Waals surface area contributed by atoms with E-state index >= 15 is 0 Å². The van der Waals surface area contributed by atoms with Gasteiger partial charge in [-0.05, 0) is 25.2 Å². The van der Waals surface area contributed by atoms with Gasteiger partial charge in [0.15, 0.2) is 0 Å². The first-order valence-electron chi connectivity index (χ1n) is 6.07. The number of hydrogen-bond donors (Lipinski definition) is 0. The third kappa shape index (κ3) is 5.31. The molecular formula is C13H22NS. The molecule has 1 aliphatic heterocycles. The molecule has 1 nitrogen and oxygen atoms in total. The molecule has 0 unspecified atom stereocenters. The molecule has 0 spiro atoms. The number of nitrogens with zero attached hydrogens (tertiary/aromatic N) is 1. The van der Waals surface area contributed by atoms with Crippen molar-refractivity contribution in [1.29, 1.82) is 0 Å². The molecule has 0 aromatic heterocycles. The Kier molecular flexibility index (Phi) is 6.66.